The molecule has 1 aromatic heterocycles. The minimum atomic E-state index is -0.163. The molecule has 6 nitrogen and oxygen atoms in total. The van der Waals surface area contributed by atoms with E-state index in [2.05, 4.69) is 15.2 Å². The number of aromatic nitrogens is 1. The van der Waals surface area contributed by atoms with E-state index in [0.29, 0.717) is 24.1 Å². The lowest BCUT2D eigenvalue weighted by Crippen LogP contribution is -2.46. The highest BCUT2D eigenvalue weighted by molar-refractivity contribution is 5.93. The van der Waals surface area contributed by atoms with E-state index in [1.807, 2.05) is 24.0 Å². The van der Waals surface area contributed by atoms with Crippen LogP contribution in [0.15, 0.2) is 24.4 Å². The number of likely N-dealkylation sites (tertiary alicyclic amines) is 2. The third-order valence-corrected chi connectivity index (χ3v) is 5.72. The minimum absolute atomic E-state index is 0.00800. The van der Waals surface area contributed by atoms with Crippen LogP contribution in [-0.4, -0.2) is 58.8 Å². The zero-order valence-corrected chi connectivity index (χ0v) is 15.7. The molecule has 6 heteroatoms. The average molecular weight is 358 g/mol. The number of amides is 2. The summed E-state index contributed by atoms with van der Waals surface area (Å²) in [5.74, 6) is 1.52. The van der Waals surface area contributed by atoms with E-state index in [1.54, 1.807) is 12.3 Å². The van der Waals surface area contributed by atoms with Gasteiger partial charge in [0.15, 0.2) is 0 Å². The Morgan fingerprint density at radius 3 is 2.58 bits per heavy atom. The van der Waals surface area contributed by atoms with Crippen molar-refractivity contribution in [1.82, 2.24) is 14.8 Å². The second-order valence-electron chi connectivity index (χ2n) is 7.49. The molecule has 1 atom stereocenters. The van der Waals surface area contributed by atoms with Gasteiger partial charge in [-0.15, -0.1) is 0 Å². The summed E-state index contributed by atoms with van der Waals surface area (Å²) in [5.41, 5.74) is 0. The van der Waals surface area contributed by atoms with Crippen molar-refractivity contribution < 1.29 is 9.59 Å². The molecule has 3 heterocycles. The van der Waals surface area contributed by atoms with Crippen molar-refractivity contribution in [3.63, 3.8) is 0 Å². The third kappa shape index (κ3) is 5.04. The van der Waals surface area contributed by atoms with Crippen molar-refractivity contribution >= 4 is 17.6 Å². The lowest BCUT2D eigenvalue weighted by Gasteiger charge is -2.35. The summed E-state index contributed by atoms with van der Waals surface area (Å²) in [6, 6.07) is 5.33. The number of piperidine rings is 1. The van der Waals surface area contributed by atoms with E-state index in [4.69, 9.17) is 0 Å². The topological polar surface area (TPSA) is 65.5 Å². The summed E-state index contributed by atoms with van der Waals surface area (Å²) >= 11 is 0. The highest BCUT2D eigenvalue weighted by atomic mass is 16.2. The summed E-state index contributed by atoms with van der Waals surface area (Å²) in [7, 11) is 0. The first-order chi connectivity index (χ1) is 12.6. The van der Waals surface area contributed by atoms with Gasteiger partial charge in [0.1, 0.15) is 5.82 Å². The molecule has 1 aromatic rings. The maximum atomic E-state index is 12.4. The first-order valence-corrected chi connectivity index (χ1v) is 9.87. The van der Waals surface area contributed by atoms with Gasteiger partial charge in [-0.2, -0.15) is 0 Å². The number of carbonyl (C=O) groups excluding carboxylic acids is 2. The smallest absolute Gasteiger partial charge is 0.242 e. The SMILES string of the molecule is CC(C(=O)Nc1ccccn1)N1CCC(CCC(=O)N2CCCC2)CC1. The third-order valence-electron chi connectivity index (χ3n) is 5.72. The van der Waals surface area contributed by atoms with E-state index in [0.717, 1.165) is 58.3 Å². The Balaban J connectivity index is 1.38. The molecule has 0 spiro atoms. The molecule has 0 aromatic carbocycles. The van der Waals surface area contributed by atoms with Gasteiger partial charge in [0.05, 0.1) is 6.04 Å². The van der Waals surface area contributed by atoms with Gasteiger partial charge in [-0.3, -0.25) is 14.5 Å². The van der Waals surface area contributed by atoms with Crippen molar-refractivity contribution in [3.05, 3.63) is 24.4 Å². The number of nitrogens with one attached hydrogen (secondary N) is 1. The van der Waals surface area contributed by atoms with E-state index < -0.39 is 0 Å². The van der Waals surface area contributed by atoms with E-state index in [9.17, 15) is 9.59 Å². The van der Waals surface area contributed by atoms with Gasteiger partial charge in [-0.05, 0) is 70.2 Å². The quantitative estimate of drug-likeness (QED) is 0.849. The highest BCUT2D eigenvalue weighted by Gasteiger charge is 2.27. The number of carbonyl (C=O) groups is 2. The highest BCUT2D eigenvalue weighted by Crippen LogP contribution is 2.24. The summed E-state index contributed by atoms with van der Waals surface area (Å²) in [6.45, 7) is 5.68. The molecular weight excluding hydrogens is 328 g/mol. The molecule has 0 bridgehead atoms. The molecule has 26 heavy (non-hydrogen) atoms. The Morgan fingerprint density at radius 2 is 1.92 bits per heavy atom. The number of pyridine rings is 1. The van der Waals surface area contributed by atoms with Gasteiger partial charge in [-0.1, -0.05) is 6.07 Å². The number of hydrogen-bond acceptors (Lipinski definition) is 4. The summed E-state index contributed by atoms with van der Waals surface area (Å²) in [6.07, 6.45) is 7.78. The molecule has 0 aliphatic carbocycles. The maximum absolute atomic E-state index is 12.4. The second kappa shape index (κ2) is 9.12. The van der Waals surface area contributed by atoms with Crippen LogP contribution in [0.25, 0.3) is 0 Å². The average Bonchev–Trinajstić information content (AvgIpc) is 3.21. The maximum Gasteiger partial charge on any atom is 0.242 e. The molecule has 2 amide bonds. The molecule has 0 saturated carbocycles. The largest absolute Gasteiger partial charge is 0.343 e. The van der Waals surface area contributed by atoms with Gasteiger partial charge in [0.2, 0.25) is 11.8 Å². The molecule has 1 unspecified atom stereocenters. The number of anilines is 1. The fraction of sp³-hybridized carbons (Fsp3) is 0.650. The van der Waals surface area contributed by atoms with Crippen LogP contribution in [0.5, 0.6) is 0 Å². The van der Waals surface area contributed by atoms with Crippen molar-refractivity contribution in [1.29, 1.82) is 0 Å². The summed E-state index contributed by atoms with van der Waals surface area (Å²) in [4.78, 5) is 33.0. The number of hydrogen-bond donors (Lipinski definition) is 1. The molecule has 3 rings (SSSR count). The van der Waals surface area contributed by atoms with Gasteiger partial charge in [-0.25, -0.2) is 4.98 Å². The zero-order valence-electron chi connectivity index (χ0n) is 15.7. The molecule has 1 N–H and O–H groups in total. The lowest BCUT2D eigenvalue weighted by molar-refractivity contribution is -0.130. The Kier molecular flexibility index (Phi) is 6.61. The van der Waals surface area contributed by atoms with Crippen LogP contribution in [0.2, 0.25) is 0 Å². The number of rotatable bonds is 6. The first kappa shape index (κ1) is 18.8. The van der Waals surface area contributed by atoms with Crippen LogP contribution in [0.1, 0.15) is 45.4 Å². The molecule has 2 aliphatic heterocycles. The van der Waals surface area contributed by atoms with Crippen LogP contribution < -0.4 is 5.32 Å². The molecule has 142 valence electrons. The Hall–Kier alpha value is -1.95. The lowest BCUT2D eigenvalue weighted by atomic mass is 9.91. The fourth-order valence-corrected chi connectivity index (χ4v) is 3.91. The van der Waals surface area contributed by atoms with Crippen LogP contribution in [-0.2, 0) is 9.59 Å². The standard InChI is InChI=1S/C20H30N4O2/c1-16(20(26)22-18-6-2-3-11-21-18)23-14-9-17(10-15-23)7-8-19(25)24-12-4-5-13-24/h2-3,6,11,16-17H,4-5,7-10,12-15H2,1H3,(H,21,22,26). The van der Waals surface area contributed by atoms with Crippen molar-refractivity contribution in [3.8, 4) is 0 Å². The predicted octanol–water partition coefficient (Wildman–Crippen LogP) is 2.52. The van der Waals surface area contributed by atoms with Gasteiger partial charge in [0, 0.05) is 25.7 Å². The normalized spacial score (nSPS) is 20.1. The molecule has 2 fully saturated rings. The summed E-state index contributed by atoms with van der Waals surface area (Å²) in [5, 5.41) is 2.88. The van der Waals surface area contributed by atoms with Crippen LogP contribution in [0.4, 0.5) is 5.82 Å². The molecule has 2 saturated heterocycles. The van der Waals surface area contributed by atoms with Gasteiger partial charge >= 0.3 is 0 Å². The fourth-order valence-electron chi connectivity index (χ4n) is 3.91. The second-order valence-corrected chi connectivity index (χ2v) is 7.49. The molecule has 2 aliphatic rings. The van der Waals surface area contributed by atoms with E-state index >= 15 is 0 Å². The predicted molar refractivity (Wildman–Crippen MR) is 102 cm³/mol. The van der Waals surface area contributed by atoms with Crippen molar-refractivity contribution in [2.45, 2.75) is 51.5 Å². The van der Waals surface area contributed by atoms with Crippen LogP contribution in [0.3, 0.4) is 0 Å². The Labute approximate surface area is 156 Å². The van der Waals surface area contributed by atoms with Gasteiger partial charge in [0.25, 0.3) is 0 Å². The summed E-state index contributed by atoms with van der Waals surface area (Å²) < 4.78 is 0. The van der Waals surface area contributed by atoms with Crippen molar-refractivity contribution in [2.24, 2.45) is 5.92 Å². The van der Waals surface area contributed by atoms with Crippen LogP contribution >= 0.6 is 0 Å². The van der Waals surface area contributed by atoms with Crippen LogP contribution in [0, 0.1) is 5.92 Å². The minimum Gasteiger partial charge on any atom is -0.343 e. The Bertz CT molecular complexity index is 593. The van der Waals surface area contributed by atoms with Gasteiger partial charge < -0.3 is 10.2 Å². The van der Waals surface area contributed by atoms with Crippen molar-refractivity contribution in [2.75, 3.05) is 31.5 Å². The zero-order chi connectivity index (χ0) is 18.4. The molecular formula is C20H30N4O2. The molecule has 0 radical (unpaired) electrons. The first-order valence-electron chi connectivity index (χ1n) is 9.87. The Morgan fingerprint density at radius 1 is 1.19 bits per heavy atom. The van der Waals surface area contributed by atoms with E-state index in [-0.39, 0.29) is 11.9 Å². The number of nitrogens with zero attached hydrogens (tertiary/aromatic N) is 3. The van der Waals surface area contributed by atoms with E-state index in [1.165, 1.54) is 0 Å². The monoisotopic (exact) mass is 358 g/mol.